The zero-order valence-corrected chi connectivity index (χ0v) is 11.5. The van der Waals surface area contributed by atoms with Gasteiger partial charge in [-0.2, -0.15) is 0 Å². The van der Waals surface area contributed by atoms with Gasteiger partial charge < -0.3 is 11.1 Å². The first kappa shape index (κ1) is 14.1. The Hall–Kier alpha value is -1.35. The molecule has 19 heavy (non-hydrogen) atoms. The van der Waals surface area contributed by atoms with E-state index in [1.807, 2.05) is 0 Å². The lowest BCUT2D eigenvalue weighted by Crippen LogP contribution is -2.24. The molecule has 1 fully saturated rings. The van der Waals surface area contributed by atoms with Crippen LogP contribution in [0.3, 0.4) is 0 Å². The first-order valence-corrected chi connectivity index (χ1v) is 7.35. The average Bonchev–Trinajstić information content (AvgIpc) is 2.47. The minimum Gasteiger partial charge on any atom is -0.352 e. The van der Waals surface area contributed by atoms with Crippen LogP contribution in [0.15, 0.2) is 24.3 Å². The zero-order chi connectivity index (χ0) is 13.5. The number of rotatable bonds is 5. The third-order valence-corrected chi connectivity index (χ3v) is 3.92. The SMILES string of the molecule is NCCC(=O)NCc1ccc(C2CCCCC2)cc1. The predicted octanol–water partition coefficient (Wildman–Crippen LogP) is 2.70. The van der Waals surface area contributed by atoms with E-state index in [1.165, 1.54) is 37.7 Å². The third-order valence-electron chi connectivity index (χ3n) is 3.92. The lowest BCUT2D eigenvalue weighted by molar-refractivity contribution is -0.121. The smallest absolute Gasteiger partial charge is 0.221 e. The number of hydrogen-bond donors (Lipinski definition) is 2. The summed E-state index contributed by atoms with van der Waals surface area (Å²) in [5.74, 6) is 0.772. The van der Waals surface area contributed by atoms with Crippen molar-refractivity contribution in [1.29, 1.82) is 0 Å². The maximum absolute atomic E-state index is 11.3. The van der Waals surface area contributed by atoms with Crippen molar-refractivity contribution in [3.63, 3.8) is 0 Å². The maximum Gasteiger partial charge on any atom is 0.221 e. The van der Waals surface area contributed by atoms with Gasteiger partial charge in [-0.1, -0.05) is 43.5 Å². The van der Waals surface area contributed by atoms with E-state index in [2.05, 4.69) is 29.6 Å². The maximum atomic E-state index is 11.3. The van der Waals surface area contributed by atoms with Crippen molar-refractivity contribution in [1.82, 2.24) is 5.32 Å². The van der Waals surface area contributed by atoms with Crippen LogP contribution in [-0.2, 0) is 11.3 Å². The molecule has 0 radical (unpaired) electrons. The summed E-state index contributed by atoms with van der Waals surface area (Å²) in [5, 5.41) is 2.88. The van der Waals surface area contributed by atoms with Gasteiger partial charge in [-0.3, -0.25) is 4.79 Å². The Morgan fingerprint density at radius 1 is 1.16 bits per heavy atom. The summed E-state index contributed by atoms with van der Waals surface area (Å²) >= 11 is 0. The van der Waals surface area contributed by atoms with E-state index in [9.17, 15) is 4.79 Å². The summed E-state index contributed by atoms with van der Waals surface area (Å²) in [6.07, 6.45) is 7.17. The number of nitrogens with two attached hydrogens (primary N) is 1. The van der Waals surface area contributed by atoms with Gasteiger partial charge >= 0.3 is 0 Å². The van der Waals surface area contributed by atoms with Crippen LogP contribution in [0.4, 0.5) is 0 Å². The molecule has 0 atom stereocenters. The highest BCUT2D eigenvalue weighted by molar-refractivity contribution is 5.76. The Kier molecular flexibility index (Phi) is 5.40. The largest absolute Gasteiger partial charge is 0.352 e. The van der Waals surface area contributed by atoms with E-state index in [0.717, 1.165) is 11.5 Å². The Labute approximate surface area is 115 Å². The van der Waals surface area contributed by atoms with Gasteiger partial charge in [0.05, 0.1) is 0 Å². The van der Waals surface area contributed by atoms with E-state index in [0.29, 0.717) is 19.5 Å². The van der Waals surface area contributed by atoms with Crippen LogP contribution < -0.4 is 11.1 Å². The van der Waals surface area contributed by atoms with Gasteiger partial charge in [-0.25, -0.2) is 0 Å². The lowest BCUT2D eigenvalue weighted by atomic mass is 9.84. The molecule has 104 valence electrons. The van der Waals surface area contributed by atoms with Gasteiger partial charge in [0.25, 0.3) is 0 Å². The number of carbonyl (C=O) groups is 1. The number of hydrogen-bond acceptors (Lipinski definition) is 2. The summed E-state index contributed by atoms with van der Waals surface area (Å²) in [5.41, 5.74) is 7.95. The molecule has 2 rings (SSSR count). The second-order valence-electron chi connectivity index (χ2n) is 5.39. The van der Waals surface area contributed by atoms with Gasteiger partial charge in [-0.15, -0.1) is 0 Å². The van der Waals surface area contributed by atoms with Crippen LogP contribution in [-0.4, -0.2) is 12.5 Å². The highest BCUT2D eigenvalue weighted by atomic mass is 16.1. The van der Waals surface area contributed by atoms with Crippen molar-refractivity contribution in [2.45, 2.75) is 51.0 Å². The van der Waals surface area contributed by atoms with Crippen LogP contribution in [0.2, 0.25) is 0 Å². The minimum atomic E-state index is 0.0267. The fourth-order valence-corrected chi connectivity index (χ4v) is 2.76. The van der Waals surface area contributed by atoms with Crippen LogP contribution >= 0.6 is 0 Å². The summed E-state index contributed by atoms with van der Waals surface area (Å²) in [6, 6.07) is 8.71. The Morgan fingerprint density at radius 3 is 2.47 bits per heavy atom. The number of amides is 1. The minimum absolute atomic E-state index is 0.0267. The van der Waals surface area contributed by atoms with Gasteiger partial charge in [0.15, 0.2) is 0 Å². The molecule has 1 amide bonds. The molecule has 3 heteroatoms. The van der Waals surface area contributed by atoms with Crippen molar-refractivity contribution in [3.8, 4) is 0 Å². The summed E-state index contributed by atoms with van der Waals surface area (Å²) < 4.78 is 0. The number of benzene rings is 1. The van der Waals surface area contributed by atoms with Crippen molar-refractivity contribution < 1.29 is 4.79 Å². The molecule has 0 aliphatic heterocycles. The molecule has 1 aromatic rings. The van der Waals surface area contributed by atoms with Crippen molar-refractivity contribution in [3.05, 3.63) is 35.4 Å². The fraction of sp³-hybridized carbons (Fsp3) is 0.562. The molecule has 0 unspecified atom stereocenters. The molecule has 1 aliphatic carbocycles. The van der Waals surface area contributed by atoms with E-state index in [4.69, 9.17) is 5.73 Å². The molecule has 0 aromatic heterocycles. The molecule has 1 aromatic carbocycles. The van der Waals surface area contributed by atoms with E-state index < -0.39 is 0 Å². The average molecular weight is 260 g/mol. The van der Waals surface area contributed by atoms with Crippen molar-refractivity contribution in [2.75, 3.05) is 6.54 Å². The lowest BCUT2D eigenvalue weighted by Gasteiger charge is -2.22. The Balaban J connectivity index is 1.85. The van der Waals surface area contributed by atoms with Crippen LogP contribution in [0.5, 0.6) is 0 Å². The van der Waals surface area contributed by atoms with E-state index in [1.54, 1.807) is 0 Å². The second kappa shape index (κ2) is 7.29. The van der Waals surface area contributed by atoms with Crippen LogP contribution in [0.25, 0.3) is 0 Å². The van der Waals surface area contributed by atoms with Gasteiger partial charge in [-0.05, 0) is 29.9 Å². The molecule has 0 saturated heterocycles. The highest BCUT2D eigenvalue weighted by Gasteiger charge is 2.14. The second-order valence-corrected chi connectivity index (χ2v) is 5.39. The molecular weight excluding hydrogens is 236 g/mol. The first-order valence-electron chi connectivity index (χ1n) is 7.35. The molecule has 1 saturated carbocycles. The van der Waals surface area contributed by atoms with Crippen molar-refractivity contribution in [2.24, 2.45) is 5.73 Å². The molecule has 3 N–H and O–H groups in total. The van der Waals surface area contributed by atoms with Gasteiger partial charge in [0.1, 0.15) is 0 Å². The summed E-state index contributed by atoms with van der Waals surface area (Å²) in [6.45, 7) is 1.01. The molecule has 1 aliphatic rings. The van der Waals surface area contributed by atoms with Gasteiger partial charge in [0, 0.05) is 19.5 Å². The topological polar surface area (TPSA) is 55.1 Å². The standard InChI is InChI=1S/C16H24N2O/c17-11-10-16(19)18-12-13-6-8-15(9-7-13)14-4-2-1-3-5-14/h6-9,14H,1-5,10-12,17H2,(H,18,19). The van der Waals surface area contributed by atoms with E-state index in [-0.39, 0.29) is 5.91 Å². The van der Waals surface area contributed by atoms with Crippen LogP contribution in [0, 0.1) is 0 Å². The van der Waals surface area contributed by atoms with E-state index >= 15 is 0 Å². The molecule has 0 heterocycles. The summed E-state index contributed by atoms with van der Waals surface area (Å²) in [7, 11) is 0. The zero-order valence-electron chi connectivity index (χ0n) is 11.5. The van der Waals surface area contributed by atoms with Crippen molar-refractivity contribution >= 4 is 5.91 Å². The number of nitrogens with one attached hydrogen (secondary N) is 1. The summed E-state index contributed by atoms with van der Waals surface area (Å²) in [4.78, 5) is 11.3. The monoisotopic (exact) mass is 260 g/mol. The Bertz CT molecular complexity index is 394. The first-order chi connectivity index (χ1) is 9.29. The molecule has 3 nitrogen and oxygen atoms in total. The Morgan fingerprint density at radius 2 is 1.84 bits per heavy atom. The molecular formula is C16H24N2O. The van der Waals surface area contributed by atoms with Crippen LogP contribution in [0.1, 0.15) is 55.6 Å². The molecule has 0 bridgehead atoms. The third kappa shape index (κ3) is 4.35. The number of carbonyl (C=O) groups excluding carboxylic acids is 1. The fourth-order valence-electron chi connectivity index (χ4n) is 2.76. The molecule has 0 spiro atoms. The highest BCUT2D eigenvalue weighted by Crippen LogP contribution is 2.32. The quantitative estimate of drug-likeness (QED) is 0.855. The normalized spacial score (nSPS) is 16.3. The van der Waals surface area contributed by atoms with Gasteiger partial charge in [0.2, 0.25) is 5.91 Å². The predicted molar refractivity (Wildman–Crippen MR) is 77.8 cm³/mol.